The van der Waals surface area contributed by atoms with E-state index >= 15 is 0 Å². The van der Waals surface area contributed by atoms with Crippen LogP contribution in [0, 0.1) is 11.8 Å². The highest BCUT2D eigenvalue weighted by Gasteiger charge is 2.35. The van der Waals surface area contributed by atoms with Gasteiger partial charge in [0.25, 0.3) is 0 Å². The Morgan fingerprint density at radius 2 is 2.00 bits per heavy atom. The third-order valence-corrected chi connectivity index (χ3v) is 4.88. The number of likely N-dealkylation sites (tertiary alicyclic amines) is 1. The molecule has 2 nitrogen and oxygen atoms in total. The van der Waals surface area contributed by atoms with E-state index in [0.29, 0.717) is 0 Å². The zero-order valence-corrected chi connectivity index (χ0v) is 12.3. The minimum Gasteiger partial charge on any atom is -0.384 e. The van der Waals surface area contributed by atoms with Crippen LogP contribution in [0.2, 0.25) is 0 Å². The number of halogens is 1. The average molecular weight is 309 g/mol. The zero-order chi connectivity index (χ0) is 12.4. The first-order valence-electron chi connectivity index (χ1n) is 7.03. The van der Waals surface area contributed by atoms with Crippen LogP contribution >= 0.6 is 15.9 Å². The molecule has 0 amide bonds. The Hall–Kier alpha value is -0.540. The molecule has 1 saturated heterocycles. The largest absolute Gasteiger partial charge is 0.384 e. The average Bonchev–Trinajstić information content (AvgIpc) is 2.89. The maximum absolute atomic E-state index is 3.51. The van der Waals surface area contributed by atoms with Gasteiger partial charge >= 0.3 is 0 Å². The van der Waals surface area contributed by atoms with Crippen molar-refractivity contribution in [1.29, 1.82) is 0 Å². The Morgan fingerprint density at radius 3 is 2.72 bits per heavy atom. The molecule has 0 radical (unpaired) electrons. The van der Waals surface area contributed by atoms with E-state index in [0.717, 1.165) is 22.9 Å². The van der Waals surface area contributed by atoms with Crippen LogP contribution in [0.3, 0.4) is 0 Å². The van der Waals surface area contributed by atoms with Gasteiger partial charge in [-0.25, -0.2) is 0 Å². The van der Waals surface area contributed by atoms with Gasteiger partial charge < -0.3 is 10.2 Å². The lowest BCUT2D eigenvalue weighted by Gasteiger charge is -2.17. The number of fused-ring (bicyclic) bond motifs is 1. The fourth-order valence-electron chi connectivity index (χ4n) is 3.47. The van der Waals surface area contributed by atoms with E-state index in [-0.39, 0.29) is 0 Å². The first-order chi connectivity index (χ1) is 8.81. The van der Waals surface area contributed by atoms with Crippen molar-refractivity contribution in [3.05, 3.63) is 28.7 Å². The van der Waals surface area contributed by atoms with E-state index in [4.69, 9.17) is 0 Å². The van der Waals surface area contributed by atoms with Crippen molar-refractivity contribution >= 4 is 21.6 Å². The summed E-state index contributed by atoms with van der Waals surface area (Å²) in [4.78, 5) is 2.64. The highest BCUT2D eigenvalue weighted by molar-refractivity contribution is 9.10. The predicted molar refractivity (Wildman–Crippen MR) is 79.9 cm³/mol. The van der Waals surface area contributed by atoms with Crippen molar-refractivity contribution in [2.45, 2.75) is 19.3 Å². The molecule has 18 heavy (non-hydrogen) atoms. The van der Waals surface area contributed by atoms with Crippen LogP contribution in [0.5, 0.6) is 0 Å². The van der Waals surface area contributed by atoms with Gasteiger partial charge in [0, 0.05) is 36.3 Å². The van der Waals surface area contributed by atoms with E-state index in [1.807, 2.05) is 0 Å². The normalized spacial score (nSPS) is 27.4. The summed E-state index contributed by atoms with van der Waals surface area (Å²) in [6, 6.07) is 8.40. The summed E-state index contributed by atoms with van der Waals surface area (Å²) < 4.78 is 1.14. The molecule has 1 aliphatic heterocycles. The van der Waals surface area contributed by atoms with Crippen LogP contribution in [-0.4, -0.2) is 31.1 Å². The molecular weight excluding hydrogens is 288 g/mol. The zero-order valence-electron chi connectivity index (χ0n) is 10.7. The summed E-state index contributed by atoms with van der Waals surface area (Å²) >= 11 is 3.50. The van der Waals surface area contributed by atoms with Gasteiger partial charge in [0.15, 0.2) is 0 Å². The molecule has 1 aromatic carbocycles. The number of hydrogen-bond donors (Lipinski definition) is 1. The molecule has 3 rings (SSSR count). The lowest BCUT2D eigenvalue weighted by Crippen LogP contribution is -2.27. The lowest BCUT2D eigenvalue weighted by molar-refractivity contribution is 0.323. The topological polar surface area (TPSA) is 15.3 Å². The van der Waals surface area contributed by atoms with Crippen LogP contribution in [0.25, 0.3) is 0 Å². The SMILES string of the molecule is Brc1cccc(NCCN2CC3CCCC3C2)c1. The Balaban J connectivity index is 1.43. The summed E-state index contributed by atoms with van der Waals surface area (Å²) in [7, 11) is 0. The summed E-state index contributed by atoms with van der Waals surface area (Å²) in [6.07, 6.45) is 4.42. The molecule has 2 atom stereocenters. The van der Waals surface area contributed by atoms with Crippen LogP contribution < -0.4 is 5.32 Å². The maximum atomic E-state index is 3.51. The molecule has 2 aliphatic rings. The molecule has 1 N–H and O–H groups in total. The first kappa shape index (κ1) is 12.5. The van der Waals surface area contributed by atoms with Crippen molar-refractivity contribution in [2.75, 3.05) is 31.5 Å². The molecule has 0 spiro atoms. The standard InChI is InChI=1S/C15H21BrN2/c16-14-5-2-6-15(9-14)17-7-8-18-10-12-3-1-4-13(12)11-18/h2,5-6,9,12-13,17H,1,3-4,7-8,10-11H2. The van der Waals surface area contributed by atoms with E-state index in [1.54, 1.807) is 0 Å². The number of rotatable bonds is 4. The second kappa shape index (κ2) is 5.62. The van der Waals surface area contributed by atoms with Gasteiger partial charge in [0.05, 0.1) is 0 Å². The first-order valence-corrected chi connectivity index (χ1v) is 7.82. The molecule has 1 saturated carbocycles. The molecule has 0 bridgehead atoms. The quantitative estimate of drug-likeness (QED) is 0.914. The van der Waals surface area contributed by atoms with Gasteiger partial charge in [0.1, 0.15) is 0 Å². The van der Waals surface area contributed by atoms with Gasteiger partial charge in [0.2, 0.25) is 0 Å². The smallest absolute Gasteiger partial charge is 0.0351 e. The maximum Gasteiger partial charge on any atom is 0.0351 e. The van der Waals surface area contributed by atoms with Gasteiger partial charge in [-0.1, -0.05) is 28.4 Å². The van der Waals surface area contributed by atoms with Crippen LogP contribution in [-0.2, 0) is 0 Å². The van der Waals surface area contributed by atoms with Crippen molar-refractivity contribution in [1.82, 2.24) is 4.90 Å². The van der Waals surface area contributed by atoms with Gasteiger partial charge in [-0.3, -0.25) is 0 Å². The highest BCUT2D eigenvalue weighted by Crippen LogP contribution is 2.37. The number of anilines is 1. The highest BCUT2D eigenvalue weighted by atomic mass is 79.9. The Kier molecular flexibility index (Phi) is 3.90. The molecule has 3 heteroatoms. The second-order valence-electron chi connectivity index (χ2n) is 5.65. The molecule has 2 fully saturated rings. The second-order valence-corrected chi connectivity index (χ2v) is 6.56. The van der Waals surface area contributed by atoms with Gasteiger partial charge in [-0.05, 0) is 42.9 Å². The Bertz CT molecular complexity index is 395. The monoisotopic (exact) mass is 308 g/mol. The van der Waals surface area contributed by atoms with Crippen LogP contribution in [0.1, 0.15) is 19.3 Å². The van der Waals surface area contributed by atoms with E-state index in [2.05, 4.69) is 50.4 Å². The molecule has 2 unspecified atom stereocenters. The number of nitrogens with zero attached hydrogens (tertiary/aromatic N) is 1. The summed E-state index contributed by atoms with van der Waals surface area (Å²) in [5.74, 6) is 2.02. The minimum atomic E-state index is 1.01. The number of hydrogen-bond acceptors (Lipinski definition) is 2. The van der Waals surface area contributed by atoms with Crippen molar-refractivity contribution in [3.63, 3.8) is 0 Å². The van der Waals surface area contributed by atoms with E-state index in [1.165, 1.54) is 44.6 Å². The minimum absolute atomic E-state index is 1.01. The van der Waals surface area contributed by atoms with E-state index in [9.17, 15) is 0 Å². The number of nitrogens with one attached hydrogen (secondary N) is 1. The third-order valence-electron chi connectivity index (χ3n) is 4.38. The van der Waals surface area contributed by atoms with Crippen molar-refractivity contribution in [2.24, 2.45) is 11.8 Å². The van der Waals surface area contributed by atoms with Crippen LogP contribution in [0.15, 0.2) is 28.7 Å². The summed E-state index contributed by atoms with van der Waals surface area (Å²) in [5.41, 5.74) is 1.21. The molecule has 1 aromatic rings. The molecule has 98 valence electrons. The lowest BCUT2D eigenvalue weighted by atomic mass is 10.0. The van der Waals surface area contributed by atoms with Gasteiger partial charge in [-0.2, -0.15) is 0 Å². The Morgan fingerprint density at radius 1 is 1.22 bits per heavy atom. The molecule has 1 heterocycles. The number of benzene rings is 1. The fourth-order valence-corrected chi connectivity index (χ4v) is 3.87. The third kappa shape index (κ3) is 2.89. The Labute approximate surface area is 118 Å². The summed E-state index contributed by atoms with van der Waals surface area (Å²) in [5, 5.41) is 3.51. The van der Waals surface area contributed by atoms with Crippen molar-refractivity contribution in [3.8, 4) is 0 Å². The summed E-state index contributed by atoms with van der Waals surface area (Å²) in [6.45, 7) is 4.91. The fraction of sp³-hybridized carbons (Fsp3) is 0.600. The van der Waals surface area contributed by atoms with Gasteiger partial charge in [-0.15, -0.1) is 0 Å². The predicted octanol–water partition coefficient (Wildman–Crippen LogP) is 3.59. The molecule has 1 aliphatic carbocycles. The van der Waals surface area contributed by atoms with Crippen molar-refractivity contribution < 1.29 is 0 Å². The van der Waals surface area contributed by atoms with E-state index < -0.39 is 0 Å². The van der Waals surface area contributed by atoms with Crippen LogP contribution in [0.4, 0.5) is 5.69 Å². The molecular formula is C15H21BrN2. The molecule has 0 aromatic heterocycles.